The van der Waals surface area contributed by atoms with Gasteiger partial charge in [0.25, 0.3) is 5.91 Å². The van der Waals surface area contributed by atoms with Gasteiger partial charge in [-0.2, -0.15) is 0 Å². The molecule has 7 nitrogen and oxygen atoms in total. The first kappa shape index (κ1) is 20.0. The molecule has 8 heteroatoms. The van der Waals surface area contributed by atoms with E-state index < -0.39 is 0 Å². The molecule has 0 unspecified atom stereocenters. The van der Waals surface area contributed by atoms with Gasteiger partial charge in [0.2, 0.25) is 5.95 Å². The van der Waals surface area contributed by atoms with Gasteiger partial charge in [-0.25, -0.2) is 9.97 Å². The predicted octanol–water partition coefficient (Wildman–Crippen LogP) is 4.18. The number of ether oxygens (including phenoxy) is 1. The van der Waals surface area contributed by atoms with Crippen LogP contribution in [0, 0.1) is 0 Å². The number of hydrogen-bond donors (Lipinski definition) is 1. The molecular weight excluding hydrogens is 416 g/mol. The van der Waals surface area contributed by atoms with E-state index in [1.165, 1.54) is 0 Å². The van der Waals surface area contributed by atoms with Crippen molar-refractivity contribution in [2.75, 3.05) is 25.1 Å². The minimum atomic E-state index is -0.0363. The summed E-state index contributed by atoms with van der Waals surface area (Å²) in [6.45, 7) is 2.61. The fourth-order valence-corrected chi connectivity index (χ4v) is 4.24. The molecule has 3 aromatic rings. The second-order valence-corrected chi connectivity index (χ2v) is 8.29. The van der Waals surface area contributed by atoms with Crippen LogP contribution in [0.15, 0.2) is 47.0 Å². The lowest BCUT2D eigenvalue weighted by atomic mass is 10.1. The fourth-order valence-electron chi connectivity index (χ4n) is 4.03. The third kappa shape index (κ3) is 4.43. The number of anilines is 1. The maximum Gasteiger partial charge on any atom is 0.257 e. The topological polar surface area (TPSA) is 80.5 Å². The van der Waals surface area contributed by atoms with E-state index in [-0.39, 0.29) is 5.91 Å². The van der Waals surface area contributed by atoms with Crippen LogP contribution in [0.2, 0.25) is 5.02 Å². The van der Waals surface area contributed by atoms with E-state index in [9.17, 15) is 4.79 Å². The minimum absolute atomic E-state index is 0.0363. The van der Waals surface area contributed by atoms with E-state index in [2.05, 4.69) is 15.3 Å². The molecule has 0 radical (unpaired) electrons. The molecule has 1 aromatic carbocycles. The van der Waals surface area contributed by atoms with Crippen LogP contribution in [0.5, 0.6) is 0 Å². The van der Waals surface area contributed by atoms with Crippen molar-refractivity contribution >= 4 is 23.5 Å². The number of fused-ring (bicyclic) bond motifs is 1. The van der Waals surface area contributed by atoms with Crippen molar-refractivity contribution in [3.05, 3.63) is 64.5 Å². The van der Waals surface area contributed by atoms with Gasteiger partial charge >= 0.3 is 0 Å². The first-order valence-corrected chi connectivity index (χ1v) is 10.9. The highest BCUT2D eigenvalue weighted by Gasteiger charge is 2.29. The van der Waals surface area contributed by atoms with Gasteiger partial charge in [0.05, 0.1) is 5.56 Å². The quantitative estimate of drug-likeness (QED) is 0.643. The normalized spacial score (nSPS) is 16.9. The number of amides is 1. The van der Waals surface area contributed by atoms with Crippen molar-refractivity contribution in [3.8, 4) is 11.5 Å². The number of carbonyl (C=O) groups excluding carboxylic acids is 1. The summed E-state index contributed by atoms with van der Waals surface area (Å²) in [4.78, 5) is 23.8. The van der Waals surface area contributed by atoms with Gasteiger partial charge in [-0.1, -0.05) is 23.7 Å². The Kier molecular flexibility index (Phi) is 5.61. The molecule has 1 N–H and O–H groups in total. The zero-order chi connectivity index (χ0) is 21.2. The van der Waals surface area contributed by atoms with Gasteiger partial charge in [-0.3, -0.25) is 4.79 Å². The molecule has 0 aliphatic carbocycles. The maximum absolute atomic E-state index is 13.1. The van der Waals surface area contributed by atoms with Gasteiger partial charge in [-0.05, 0) is 42.7 Å². The number of aromatic nitrogens is 2. The molecule has 0 bridgehead atoms. The molecule has 31 heavy (non-hydrogen) atoms. The lowest BCUT2D eigenvalue weighted by Gasteiger charge is -2.26. The number of nitrogens with zero attached hydrogens (tertiary/aromatic N) is 3. The molecule has 1 saturated heterocycles. The van der Waals surface area contributed by atoms with E-state index in [0.29, 0.717) is 59.3 Å². The Morgan fingerprint density at radius 1 is 1.19 bits per heavy atom. The van der Waals surface area contributed by atoms with E-state index in [4.69, 9.17) is 20.8 Å². The molecule has 2 aliphatic rings. The number of rotatable bonds is 5. The van der Waals surface area contributed by atoms with E-state index in [0.717, 1.165) is 31.6 Å². The molecule has 2 aromatic heterocycles. The number of halogens is 1. The largest absolute Gasteiger partial charge is 0.459 e. The Hall–Kier alpha value is -2.90. The molecule has 0 saturated carbocycles. The van der Waals surface area contributed by atoms with Gasteiger partial charge in [0.1, 0.15) is 11.5 Å². The van der Waals surface area contributed by atoms with E-state index in [1.807, 2.05) is 29.2 Å². The van der Waals surface area contributed by atoms with Gasteiger partial charge in [-0.15, -0.1) is 0 Å². The fraction of sp³-hybridized carbons (Fsp3) is 0.348. The summed E-state index contributed by atoms with van der Waals surface area (Å²) in [5.41, 5.74) is 2.27. The van der Waals surface area contributed by atoms with Crippen LogP contribution in [0.1, 0.15) is 34.5 Å². The van der Waals surface area contributed by atoms with E-state index >= 15 is 0 Å². The Labute approximate surface area is 185 Å². The summed E-state index contributed by atoms with van der Waals surface area (Å²) < 4.78 is 11.4. The maximum atomic E-state index is 13.1. The zero-order valence-corrected chi connectivity index (χ0v) is 17.8. The van der Waals surface area contributed by atoms with Crippen molar-refractivity contribution in [1.29, 1.82) is 0 Å². The van der Waals surface area contributed by atoms with Gasteiger partial charge in [0.15, 0.2) is 5.76 Å². The smallest absolute Gasteiger partial charge is 0.257 e. The standard InChI is InChI=1S/C23H23ClN4O3/c24-16-3-1-2-15(12-16)14-28-9-5-20-18(22(28)29)13-21(31-20)19-4-8-25-23(27-19)26-17-6-10-30-11-7-17/h1-4,8,12-13,17H,5-7,9-11,14H2,(H,25,26,27). The second-order valence-electron chi connectivity index (χ2n) is 7.85. The van der Waals surface area contributed by atoms with Crippen molar-refractivity contribution in [2.45, 2.75) is 31.8 Å². The number of benzene rings is 1. The minimum Gasteiger partial charge on any atom is -0.459 e. The van der Waals surface area contributed by atoms with Crippen LogP contribution in [-0.2, 0) is 17.7 Å². The van der Waals surface area contributed by atoms with Crippen LogP contribution < -0.4 is 5.32 Å². The second kappa shape index (κ2) is 8.69. The molecule has 0 atom stereocenters. The average Bonchev–Trinajstić information content (AvgIpc) is 3.22. The monoisotopic (exact) mass is 438 g/mol. The van der Waals surface area contributed by atoms with Crippen molar-refractivity contribution in [1.82, 2.24) is 14.9 Å². The number of nitrogens with one attached hydrogen (secondary N) is 1. The highest BCUT2D eigenvalue weighted by Crippen LogP contribution is 2.30. The van der Waals surface area contributed by atoms with Crippen LogP contribution in [0.25, 0.3) is 11.5 Å². The highest BCUT2D eigenvalue weighted by atomic mass is 35.5. The summed E-state index contributed by atoms with van der Waals surface area (Å²) in [5, 5.41) is 4.04. The molecule has 160 valence electrons. The van der Waals surface area contributed by atoms with Crippen LogP contribution in [0.3, 0.4) is 0 Å². The lowest BCUT2D eigenvalue weighted by Crippen LogP contribution is -2.36. The molecule has 0 spiro atoms. The summed E-state index contributed by atoms with van der Waals surface area (Å²) in [6.07, 6.45) is 4.23. The Balaban J connectivity index is 1.33. The molecule has 2 aliphatic heterocycles. The van der Waals surface area contributed by atoms with Crippen molar-refractivity contribution < 1.29 is 13.9 Å². The first-order valence-electron chi connectivity index (χ1n) is 10.5. The molecule has 4 heterocycles. The number of hydrogen-bond acceptors (Lipinski definition) is 6. The summed E-state index contributed by atoms with van der Waals surface area (Å²) in [5.74, 6) is 1.82. The molecule has 1 fully saturated rings. The Morgan fingerprint density at radius 3 is 2.90 bits per heavy atom. The van der Waals surface area contributed by atoms with Crippen molar-refractivity contribution in [3.63, 3.8) is 0 Å². The average molecular weight is 439 g/mol. The van der Waals surface area contributed by atoms with Crippen LogP contribution in [-0.4, -0.2) is 46.6 Å². The highest BCUT2D eigenvalue weighted by molar-refractivity contribution is 6.30. The lowest BCUT2D eigenvalue weighted by molar-refractivity contribution is 0.0720. The number of furan rings is 1. The number of carbonyl (C=O) groups is 1. The summed E-state index contributed by atoms with van der Waals surface area (Å²) in [6, 6.07) is 11.5. The van der Waals surface area contributed by atoms with Crippen LogP contribution in [0.4, 0.5) is 5.95 Å². The molecule has 1 amide bonds. The SMILES string of the molecule is O=C1c2cc(-c3ccnc(NC4CCOCC4)n3)oc2CCN1Cc1cccc(Cl)c1. The summed E-state index contributed by atoms with van der Waals surface area (Å²) >= 11 is 6.08. The van der Waals surface area contributed by atoms with Gasteiger partial charge < -0.3 is 19.4 Å². The van der Waals surface area contributed by atoms with E-state index in [1.54, 1.807) is 18.3 Å². The van der Waals surface area contributed by atoms with Crippen molar-refractivity contribution in [2.24, 2.45) is 0 Å². The molecule has 5 rings (SSSR count). The Bertz CT molecular complexity index is 1090. The van der Waals surface area contributed by atoms with Crippen LogP contribution >= 0.6 is 11.6 Å². The zero-order valence-electron chi connectivity index (χ0n) is 17.0. The Morgan fingerprint density at radius 2 is 2.06 bits per heavy atom. The summed E-state index contributed by atoms with van der Waals surface area (Å²) in [7, 11) is 0. The third-order valence-corrected chi connectivity index (χ3v) is 5.90. The predicted molar refractivity (Wildman–Crippen MR) is 117 cm³/mol. The first-order chi connectivity index (χ1) is 15.2. The van der Waals surface area contributed by atoms with Gasteiger partial charge in [0, 0.05) is 50.0 Å². The molecular formula is C23H23ClN4O3. The third-order valence-electron chi connectivity index (χ3n) is 5.66.